The molecule has 3 aromatic rings. The molecule has 0 spiro atoms. The zero-order chi connectivity index (χ0) is 19.0. The van der Waals surface area contributed by atoms with Crippen LogP contribution in [0.1, 0.15) is 43.4 Å². The van der Waals surface area contributed by atoms with Crippen LogP contribution in [-0.4, -0.2) is 31.9 Å². The molecular formula is C20H22N4O2S. The largest absolute Gasteiger partial charge is 0.494 e. The maximum atomic E-state index is 12.3. The highest BCUT2D eigenvalue weighted by Gasteiger charge is 2.27. The molecule has 0 bridgehead atoms. The maximum Gasteiger partial charge on any atom is 0.264 e. The smallest absolute Gasteiger partial charge is 0.264 e. The average Bonchev–Trinajstić information content (AvgIpc) is 3.40. The number of fused-ring (bicyclic) bond motifs is 1. The average molecular weight is 382 g/mol. The molecule has 0 aliphatic heterocycles. The lowest BCUT2D eigenvalue weighted by molar-refractivity contribution is 0.405. The molecule has 1 unspecified atom stereocenters. The molecule has 0 radical (unpaired) electrons. The molecule has 3 N–H and O–H groups in total. The van der Waals surface area contributed by atoms with Crippen LogP contribution < -0.4 is 5.56 Å². The Kier molecular flexibility index (Phi) is 4.70. The van der Waals surface area contributed by atoms with E-state index in [-0.39, 0.29) is 28.3 Å². The Bertz CT molecular complexity index is 1120. The van der Waals surface area contributed by atoms with Gasteiger partial charge in [-0.25, -0.2) is 0 Å². The topological polar surface area (TPSA) is 86.2 Å². The molecule has 6 nitrogen and oxygen atoms in total. The van der Waals surface area contributed by atoms with Crippen LogP contribution in [0.5, 0.6) is 5.88 Å². The molecule has 7 heteroatoms. The highest BCUT2D eigenvalue weighted by Crippen LogP contribution is 2.37. The van der Waals surface area contributed by atoms with Crippen LogP contribution in [0.2, 0.25) is 0 Å². The van der Waals surface area contributed by atoms with Gasteiger partial charge < -0.3 is 10.1 Å². The molecule has 0 amide bonds. The van der Waals surface area contributed by atoms with Gasteiger partial charge in [-0.1, -0.05) is 25.1 Å². The van der Waals surface area contributed by atoms with Crippen LogP contribution in [0, 0.1) is 4.77 Å². The second-order valence-corrected chi connectivity index (χ2v) is 7.39. The first kappa shape index (κ1) is 17.7. The summed E-state index contributed by atoms with van der Waals surface area (Å²) >= 11 is 5.18. The van der Waals surface area contributed by atoms with E-state index in [1.807, 2.05) is 24.4 Å². The Balaban J connectivity index is 1.62. The second-order valence-electron chi connectivity index (χ2n) is 7.00. The minimum Gasteiger partial charge on any atom is -0.494 e. The normalized spacial score (nSPS) is 15.6. The third-order valence-electron chi connectivity index (χ3n) is 5.08. The first-order valence-electron chi connectivity index (χ1n) is 9.24. The maximum absolute atomic E-state index is 12.3. The molecule has 0 saturated heterocycles. The number of aliphatic imine (C=N–C) groups is 1. The molecule has 140 valence electrons. The molecule has 1 aromatic carbocycles. The zero-order valence-corrected chi connectivity index (χ0v) is 15.9. The fourth-order valence-electron chi connectivity index (χ4n) is 3.38. The summed E-state index contributed by atoms with van der Waals surface area (Å²) in [5.74, 6) is -0.0862. The number of hydrogen-bond acceptors (Lipinski definition) is 4. The predicted molar refractivity (Wildman–Crippen MR) is 109 cm³/mol. The molecule has 27 heavy (non-hydrogen) atoms. The molecule has 1 saturated carbocycles. The van der Waals surface area contributed by atoms with E-state index in [0.29, 0.717) is 0 Å². The minimum absolute atomic E-state index is 0.0144. The Morgan fingerprint density at radius 3 is 2.93 bits per heavy atom. The van der Waals surface area contributed by atoms with Gasteiger partial charge >= 0.3 is 0 Å². The highest BCUT2D eigenvalue weighted by molar-refractivity contribution is 7.71. The SMILES string of the molecule is CCC(Cc1c[nH]c2ccccc12)N=Cc1c(O)n(C2CC2)c(=S)[nH]c1=O. The van der Waals surface area contributed by atoms with E-state index in [0.717, 1.165) is 31.2 Å². The van der Waals surface area contributed by atoms with E-state index in [1.165, 1.54) is 17.2 Å². The van der Waals surface area contributed by atoms with Crippen molar-refractivity contribution in [3.8, 4) is 5.88 Å². The number of rotatable bonds is 6. The summed E-state index contributed by atoms with van der Waals surface area (Å²) in [7, 11) is 0. The van der Waals surface area contributed by atoms with Crippen molar-refractivity contribution in [2.45, 2.75) is 44.7 Å². The molecule has 2 heterocycles. The molecule has 4 rings (SSSR count). The Morgan fingerprint density at radius 1 is 1.41 bits per heavy atom. The Morgan fingerprint density at radius 2 is 2.19 bits per heavy atom. The van der Waals surface area contributed by atoms with Crippen molar-refractivity contribution in [2.75, 3.05) is 0 Å². The summed E-state index contributed by atoms with van der Waals surface area (Å²) in [5.41, 5.74) is 2.07. The standard InChI is InChI=1S/C20H22N4O2S/c1-2-13(9-12-10-22-17-6-4-3-5-15(12)17)21-11-16-18(25)23-20(27)24(19(16)26)14-7-8-14/h3-6,10-11,13-14,22,26H,2,7-9H2,1H3,(H,23,25,27). The van der Waals surface area contributed by atoms with Gasteiger partial charge in [-0.05, 0) is 49.5 Å². The summed E-state index contributed by atoms with van der Waals surface area (Å²) in [6.07, 6.45) is 7.02. The molecule has 1 fully saturated rings. The van der Waals surface area contributed by atoms with Gasteiger partial charge in [0.25, 0.3) is 5.56 Å². The lowest BCUT2D eigenvalue weighted by atomic mass is 10.0. The van der Waals surface area contributed by atoms with Gasteiger partial charge in [-0.15, -0.1) is 0 Å². The van der Waals surface area contributed by atoms with E-state index in [1.54, 1.807) is 4.57 Å². The summed E-state index contributed by atoms with van der Waals surface area (Å²) in [6, 6.07) is 8.36. The molecular weight excluding hydrogens is 360 g/mol. The van der Waals surface area contributed by atoms with Gasteiger partial charge in [-0.3, -0.25) is 19.3 Å². The van der Waals surface area contributed by atoms with E-state index >= 15 is 0 Å². The van der Waals surface area contributed by atoms with Gasteiger partial charge in [-0.2, -0.15) is 0 Å². The summed E-state index contributed by atoms with van der Waals surface area (Å²) in [6.45, 7) is 2.07. The fourth-order valence-corrected chi connectivity index (χ4v) is 3.71. The lowest BCUT2D eigenvalue weighted by Gasteiger charge is -2.11. The quantitative estimate of drug-likeness (QED) is 0.447. The van der Waals surface area contributed by atoms with Gasteiger partial charge in [0.05, 0.1) is 6.04 Å². The van der Waals surface area contributed by atoms with Crippen molar-refractivity contribution in [2.24, 2.45) is 4.99 Å². The zero-order valence-electron chi connectivity index (χ0n) is 15.1. The summed E-state index contributed by atoms with van der Waals surface area (Å²) < 4.78 is 1.89. The lowest BCUT2D eigenvalue weighted by Crippen LogP contribution is -2.19. The number of para-hydroxylation sites is 1. The third-order valence-corrected chi connectivity index (χ3v) is 5.38. The highest BCUT2D eigenvalue weighted by atomic mass is 32.1. The van der Waals surface area contributed by atoms with Crippen molar-refractivity contribution in [3.05, 3.63) is 56.7 Å². The molecule has 1 aliphatic carbocycles. The Labute approximate surface area is 161 Å². The van der Waals surface area contributed by atoms with Crippen molar-refractivity contribution in [3.63, 3.8) is 0 Å². The van der Waals surface area contributed by atoms with E-state index in [9.17, 15) is 9.90 Å². The monoisotopic (exact) mass is 382 g/mol. The minimum atomic E-state index is -0.403. The summed E-state index contributed by atoms with van der Waals surface area (Å²) in [4.78, 5) is 22.8. The van der Waals surface area contributed by atoms with Crippen molar-refractivity contribution in [1.82, 2.24) is 14.5 Å². The number of nitrogens with one attached hydrogen (secondary N) is 2. The Hall–Kier alpha value is -2.67. The van der Waals surface area contributed by atoms with Crippen molar-refractivity contribution >= 4 is 29.3 Å². The predicted octanol–water partition coefficient (Wildman–Crippen LogP) is 3.87. The number of benzene rings is 1. The van der Waals surface area contributed by atoms with Crippen LogP contribution in [0.25, 0.3) is 10.9 Å². The molecule has 2 aromatic heterocycles. The number of aromatic hydroxyl groups is 1. The molecule has 1 aliphatic rings. The van der Waals surface area contributed by atoms with Gasteiger partial charge in [0.15, 0.2) is 4.77 Å². The fraction of sp³-hybridized carbons (Fsp3) is 0.350. The number of aromatic amines is 2. The first-order valence-corrected chi connectivity index (χ1v) is 9.65. The van der Waals surface area contributed by atoms with Crippen LogP contribution in [-0.2, 0) is 6.42 Å². The van der Waals surface area contributed by atoms with Gasteiger partial charge in [0.2, 0.25) is 5.88 Å². The summed E-state index contributed by atoms with van der Waals surface area (Å²) in [5, 5.41) is 11.7. The van der Waals surface area contributed by atoms with E-state index in [4.69, 9.17) is 12.2 Å². The first-order chi connectivity index (χ1) is 13.1. The second kappa shape index (κ2) is 7.15. The van der Waals surface area contributed by atoms with E-state index in [2.05, 4.69) is 28.0 Å². The van der Waals surface area contributed by atoms with Gasteiger partial charge in [0.1, 0.15) is 5.56 Å². The van der Waals surface area contributed by atoms with Crippen molar-refractivity contribution in [1.29, 1.82) is 0 Å². The van der Waals surface area contributed by atoms with E-state index < -0.39 is 5.56 Å². The van der Waals surface area contributed by atoms with Crippen LogP contribution in [0.3, 0.4) is 0 Å². The molecule has 1 atom stereocenters. The van der Waals surface area contributed by atoms with Crippen LogP contribution in [0.15, 0.2) is 40.2 Å². The number of aromatic nitrogens is 3. The third kappa shape index (κ3) is 3.47. The number of nitrogens with zero attached hydrogens (tertiary/aromatic N) is 2. The van der Waals surface area contributed by atoms with Crippen molar-refractivity contribution < 1.29 is 5.11 Å². The van der Waals surface area contributed by atoms with Crippen LogP contribution >= 0.6 is 12.2 Å². The van der Waals surface area contributed by atoms with Crippen LogP contribution in [0.4, 0.5) is 0 Å². The number of hydrogen-bond donors (Lipinski definition) is 3. The number of H-pyrrole nitrogens is 2. The van der Waals surface area contributed by atoms with Gasteiger partial charge in [0, 0.05) is 29.4 Å².